The zero-order chi connectivity index (χ0) is 14.7. The minimum absolute atomic E-state index is 0.415. The van der Waals surface area contributed by atoms with Crippen molar-refractivity contribution in [3.8, 4) is 0 Å². The molecule has 20 heavy (non-hydrogen) atoms. The largest absolute Gasteiger partial charge is 0.378 e. The Morgan fingerprint density at radius 2 is 1.65 bits per heavy atom. The van der Waals surface area contributed by atoms with Crippen LogP contribution in [-0.4, -0.2) is 25.8 Å². The second-order valence-corrected chi connectivity index (χ2v) is 6.63. The van der Waals surface area contributed by atoms with E-state index >= 15 is 0 Å². The molecule has 2 unspecified atom stereocenters. The molecule has 0 saturated carbocycles. The maximum Gasteiger partial charge on any atom is 0.0616 e. The summed E-state index contributed by atoms with van der Waals surface area (Å²) in [6.07, 6.45) is 14.3. The Morgan fingerprint density at radius 3 is 2.20 bits per heavy atom. The lowest BCUT2D eigenvalue weighted by Gasteiger charge is -2.32. The van der Waals surface area contributed by atoms with Crippen LogP contribution in [-0.2, 0) is 4.74 Å². The molecular formula is C18H37NO. The Bertz CT molecular complexity index is 231. The second-order valence-electron chi connectivity index (χ2n) is 6.63. The molecule has 1 heterocycles. The summed E-state index contributed by atoms with van der Waals surface area (Å²) < 4.78 is 5.85. The topological polar surface area (TPSA) is 21.3 Å². The molecule has 0 aromatic carbocycles. The molecule has 0 radical (unpaired) electrons. The molecule has 1 saturated heterocycles. The lowest BCUT2D eigenvalue weighted by molar-refractivity contribution is 0.0573. The molecular weight excluding hydrogens is 246 g/mol. The van der Waals surface area contributed by atoms with Gasteiger partial charge in [-0.15, -0.1) is 0 Å². The summed E-state index contributed by atoms with van der Waals surface area (Å²) in [5, 5.41) is 3.56. The van der Waals surface area contributed by atoms with Crippen molar-refractivity contribution in [2.45, 2.75) is 91.1 Å². The highest BCUT2D eigenvalue weighted by Gasteiger charge is 2.40. The first-order valence-electron chi connectivity index (χ1n) is 9.07. The molecule has 0 amide bonds. The predicted octanol–water partition coefficient (Wildman–Crippen LogP) is 4.92. The van der Waals surface area contributed by atoms with Crippen LogP contribution in [0.4, 0.5) is 0 Å². The van der Waals surface area contributed by atoms with Crippen LogP contribution in [0, 0.1) is 5.41 Å². The highest BCUT2D eigenvalue weighted by Crippen LogP contribution is 2.39. The molecule has 0 bridgehead atoms. The van der Waals surface area contributed by atoms with Crippen LogP contribution < -0.4 is 5.32 Å². The van der Waals surface area contributed by atoms with Crippen molar-refractivity contribution in [1.29, 1.82) is 0 Å². The number of nitrogens with one attached hydrogen (secondary N) is 1. The second kappa shape index (κ2) is 10.6. The van der Waals surface area contributed by atoms with Crippen LogP contribution >= 0.6 is 0 Å². The van der Waals surface area contributed by atoms with Crippen LogP contribution in [0.1, 0.15) is 85.0 Å². The monoisotopic (exact) mass is 283 g/mol. The molecule has 120 valence electrons. The van der Waals surface area contributed by atoms with Gasteiger partial charge in [0, 0.05) is 18.6 Å². The van der Waals surface area contributed by atoms with Gasteiger partial charge in [0.1, 0.15) is 0 Å². The first-order valence-corrected chi connectivity index (χ1v) is 9.07. The van der Waals surface area contributed by atoms with E-state index in [1.807, 2.05) is 0 Å². The van der Waals surface area contributed by atoms with Crippen molar-refractivity contribution in [3.05, 3.63) is 0 Å². The molecule has 1 N–H and O–H groups in total. The SMILES string of the molecule is CCCCCCCCCCC1(CNCC)CCOC1C. The predicted molar refractivity (Wildman–Crippen MR) is 88.2 cm³/mol. The van der Waals surface area contributed by atoms with E-state index in [1.54, 1.807) is 0 Å². The van der Waals surface area contributed by atoms with Crippen molar-refractivity contribution >= 4 is 0 Å². The maximum absolute atomic E-state index is 5.85. The van der Waals surface area contributed by atoms with Gasteiger partial charge in [0.15, 0.2) is 0 Å². The third-order valence-corrected chi connectivity index (χ3v) is 5.09. The Balaban J connectivity index is 2.13. The van der Waals surface area contributed by atoms with E-state index in [-0.39, 0.29) is 0 Å². The summed E-state index contributed by atoms with van der Waals surface area (Å²) in [5.41, 5.74) is 0.415. The van der Waals surface area contributed by atoms with Crippen molar-refractivity contribution in [2.24, 2.45) is 5.41 Å². The van der Waals surface area contributed by atoms with Gasteiger partial charge in [-0.25, -0.2) is 0 Å². The van der Waals surface area contributed by atoms with E-state index in [2.05, 4.69) is 26.1 Å². The molecule has 1 rings (SSSR count). The summed E-state index contributed by atoms with van der Waals surface area (Å²) in [6, 6.07) is 0. The number of hydrogen-bond acceptors (Lipinski definition) is 2. The van der Waals surface area contributed by atoms with Gasteiger partial charge in [0.25, 0.3) is 0 Å². The van der Waals surface area contributed by atoms with E-state index in [1.165, 1.54) is 64.2 Å². The highest BCUT2D eigenvalue weighted by atomic mass is 16.5. The van der Waals surface area contributed by atoms with E-state index < -0.39 is 0 Å². The molecule has 0 aromatic heterocycles. The van der Waals surface area contributed by atoms with E-state index in [9.17, 15) is 0 Å². The molecule has 1 aliphatic heterocycles. The van der Waals surface area contributed by atoms with Gasteiger partial charge in [0.2, 0.25) is 0 Å². The molecule has 0 aliphatic carbocycles. The lowest BCUT2D eigenvalue weighted by Crippen LogP contribution is -2.39. The van der Waals surface area contributed by atoms with Gasteiger partial charge >= 0.3 is 0 Å². The summed E-state index contributed by atoms with van der Waals surface area (Å²) in [5.74, 6) is 0. The minimum Gasteiger partial charge on any atom is -0.378 e. The molecule has 0 spiro atoms. The number of rotatable bonds is 12. The number of ether oxygens (including phenoxy) is 1. The first kappa shape index (κ1) is 18.0. The van der Waals surface area contributed by atoms with E-state index in [4.69, 9.17) is 4.74 Å². The normalized spacial score (nSPS) is 26.2. The van der Waals surface area contributed by atoms with Gasteiger partial charge in [-0.2, -0.15) is 0 Å². The van der Waals surface area contributed by atoms with Crippen molar-refractivity contribution in [1.82, 2.24) is 5.32 Å². The zero-order valence-corrected chi connectivity index (χ0v) is 14.2. The highest BCUT2D eigenvalue weighted by molar-refractivity contribution is 4.91. The number of unbranched alkanes of at least 4 members (excludes halogenated alkanes) is 7. The van der Waals surface area contributed by atoms with Gasteiger partial charge < -0.3 is 10.1 Å². The first-order chi connectivity index (χ1) is 9.75. The average molecular weight is 283 g/mol. The van der Waals surface area contributed by atoms with Gasteiger partial charge in [-0.1, -0.05) is 65.2 Å². The maximum atomic E-state index is 5.85. The van der Waals surface area contributed by atoms with Gasteiger partial charge in [0.05, 0.1) is 6.10 Å². The third-order valence-electron chi connectivity index (χ3n) is 5.09. The fraction of sp³-hybridized carbons (Fsp3) is 1.00. The lowest BCUT2D eigenvalue weighted by atomic mass is 9.77. The zero-order valence-electron chi connectivity index (χ0n) is 14.2. The van der Waals surface area contributed by atoms with Crippen LogP contribution in [0.5, 0.6) is 0 Å². The fourth-order valence-electron chi connectivity index (χ4n) is 3.45. The molecule has 0 aromatic rings. The Kier molecular flexibility index (Phi) is 9.54. The molecule has 2 atom stereocenters. The standard InChI is InChI=1S/C18H37NO/c1-4-6-7-8-9-10-11-12-13-18(16-19-5-2)14-15-20-17(18)3/h17,19H,4-16H2,1-3H3. The summed E-state index contributed by atoms with van der Waals surface area (Å²) in [6.45, 7) is 9.94. The van der Waals surface area contributed by atoms with Crippen LogP contribution in [0.3, 0.4) is 0 Å². The van der Waals surface area contributed by atoms with Crippen LogP contribution in [0.2, 0.25) is 0 Å². The minimum atomic E-state index is 0.415. The Morgan fingerprint density at radius 1 is 1.00 bits per heavy atom. The third kappa shape index (κ3) is 6.13. The van der Waals surface area contributed by atoms with Crippen molar-refractivity contribution in [2.75, 3.05) is 19.7 Å². The summed E-state index contributed by atoms with van der Waals surface area (Å²) in [4.78, 5) is 0. The summed E-state index contributed by atoms with van der Waals surface area (Å²) >= 11 is 0. The Labute approximate surface area is 127 Å². The number of hydrogen-bond donors (Lipinski definition) is 1. The molecule has 1 aliphatic rings. The van der Waals surface area contributed by atoms with Crippen molar-refractivity contribution in [3.63, 3.8) is 0 Å². The molecule has 2 heteroatoms. The smallest absolute Gasteiger partial charge is 0.0616 e. The van der Waals surface area contributed by atoms with Crippen LogP contribution in [0.25, 0.3) is 0 Å². The fourth-order valence-corrected chi connectivity index (χ4v) is 3.45. The summed E-state index contributed by atoms with van der Waals surface area (Å²) in [7, 11) is 0. The Hall–Kier alpha value is -0.0800. The van der Waals surface area contributed by atoms with E-state index in [0.717, 1.165) is 19.7 Å². The molecule has 2 nitrogen and oxygen atoms in total. The van der Waals surface area contributed by atoms with Gasteiger partial charge in [-0.3, -0.25) is 0 Å². The van der Waals surface area contributed by atoms with Crippen molar-refractivity contribution < 1.29 is 4.74 Å². The van der Waals surface area contributed by atoms with E-state index in [0.29, 0.717) is 11.5 Å². The van der Waals surface area contributed by atoms with Crippen LogP contribution in [0.15, 0.2) is 0 Å². The quantitative estimate of drug-likeness (QED) is 0.513. The molecule has 1 fully saturated rings. The average Bonchev–Trinajstić information content (AvgIpc) is 2.81. The van der Waals surface area contributed by atoms with Gasteiger partial charge in [-0.05, 0) is 26.3 Å².